The summed E-state index contributed by atoms with van der Waals surface area (Å²) in [4.78, 5) is 17.2. The average Bonchev–Trinajstić information content (AvgIpc) is 2.95. The molecule has 3 rings (SSSR count). The van der Waals surface area contributed by atoms with E-state index in [1.807, 2.05) is 6.92 Å². The molecule has 1 saturated carbocycles. The van der Waals surface area contributed by atoms with E-state index in [1.54, 1.807) is 0 Å². The van der Waals surface area contributed by atoms with Gasteiger partial charge in [-0.2, -0.15) is 0 Å². The van der Waals surface area contributed by atoms with E-state index in [0.29, 0.717) is 12.6 Å². The standard InChI is InChI=1S/C16H26N2O2/c1-2-20-16(19)14-11-18(13-7-4-3-5-8-13)12-17-10-6-9-15(14)17/h13H,2-12H2,1H3. The Labute approximate surface area is 121 Å². The zero-order valence-corrected chi connectivity index (χ0v) is 12.6. The van der Waals surface area contributed by atoms with Crippen LogP contribution in [0.3, 0.4) is 0 Å². The second kappa shape index (κ2) is 6.17. The summed E-state index contributed by atoms with van der Waals surface area (Å²) in [5, 5.41) is 0. The van der Waals surface area contributed by atoms with E-state index in [-0.39, 0.29) is 5.97 Å². The van der Waals surface area contributed by atoms with Gasteiger partial charge in [0.25, 0.3) is 0 Å². The van der Waals surface area contributed by atoms with Crippen LogP contribution >= 0.6 is 0 Å². The number of carbonyl (C=O) groups is 1. The van der Waals surface area contributed by atoms with E-state index < -0.39 is 0 Å². The summed E-state index contributed by atoms with van der Waals surface area (Å²) in [6.07, 6.45) is 8.86. The number of allylic oxidation sites excluding steroid dienone is 1. The summed E-state index contributed by atoms with van der Waals surface area (Å²) >= 11 is 0. The highest BCUT2D eigenvalue weighted by Crippen LogP contribution is 2.33. The topological polar surface area (TPSA) is 32.8 Å². The monoisotopic (exact) mass is 278 g/mol. The fourth-order valence-electron chi connectivity index (χ4n) is 3.88. The Bertz CT molecular complexity index is 399. The van der Waals surface area contributed by atoms with Crippen molar-refractivity contribution in [3.8, 4) is 0 Å². The van der Waals surface area contributed by atoms with Gasteiger partial charge < -0.3 is 9.64 Å². The van der Waals surface area contributed by atoms with Crippen LogP contribution in [0.15, 0.2) is 11.3 Å². The first-order chi connectivity index (χ1) is 9.79. The fraction of sp³-hybridized carbons (Fsp3) is 0.812. The molecule has 0 aromatic heterocycles. The Balaban J connectivity index is 1.77. The maximum absolute atomic E-state index is 12.2. The molecule has 0 spiro atoms. The molecule has 112 valence electrons. The van der Waals surface area contributed by atoms with E-state index in [2.05, 4.69) is 9.80 Å². The predicted molar refractivity (Wildman–Crippen MR) is 78.0 cm³/mol. The van der Waals surface area contributed by atoms with E-state index in [9.17, 15) is 4.79 Å². The van der Waals surface area contributed by atoms with Gasteiger partial charge in [-0.05, 0) is 32.6 Å². The molecular formula is C16H26N2O2. The summed E-state index contributed by atoms with van der Waals surface area (Å²) in [6, 6.07) is 0.662. The Morgan fingerprint density at radius 3 is 2.80 bits per heavy atom. The molecule has 0 amide bonds. The minimum Gasteiger partial charge on any atom is -0.463 e. The first kappa shape index (κ1) is 13.9. The van der Waals surface area contributed by atoms with Gasteiger partial charge in [0.15, 0.2) is 0 Å². The lowest BCUT2D eigenvalue weighted by atomic mass is 9.93. The van der Waals surface area contributed by atoms with Crippen molar-refractivity contribution < 1.29 is 9.53 Å². The lowest BCUT2D eigenvalue weighted by molar-refractivity contribution is -0.139. The number of carbonyl (C=O) groups excluding carboxylic acids is 1. The van der Waals surface area contributed by atoms with Gasteiger partial charge in [0, 0.05) is 24.8 Å². The highest BCUT2D eigenvalue weighted by Gasteiger charge is 2.35. The summed E-state index contributed by atoms with van der Waals surface area (Å²) in [5.74, 6) is -0.0880. The Hall–Kier alpha value is -1.03. The number of fused-ring (bicyclic) bond motifs is 1. The van der Waals surface area contributed by atoms with Gasteiger partial charge in [0.1, 0.15) is 0 Å². The Morgan fingerprint density at radius 1 is 1.25 bits per heavy atom. The normalized spacial score (nSPS) is 24.9. The summed E-state index contributed by atoms with van der Waals surface area (Å²) in [5.41, 5.74) is 2.19. The summed E-state index contributed by atoms with van der Waals surface area (Å²) in [6.45, 7) is 5.27. The van der Waals surface area contributed by atoms with Crippen molar-refractivity contribution in [3.05, 3.63) is 11.3 Å². The SMILES string of the molecule is CCOC(=O)C1=C2CCCN2CN(C2CCCCC2)C1. The molecule has 4 heteroatoms. The Morgan fingerprint density at radius 2 is 2.05 bits per heavy atom. The van der Waals surface area contributed by atoms with Gasteiger partial charge in [-0.3, -0.25) is 4.90 Å². The van der Waals surface area contributed by atoms with E-state index in [0.717, 1.165) is 31.8 Å². The second-order valence-corrected chi connectivity index (χ2v) is 6.19. The van der Waals surface area contributed by atoms with E-state index in [1.165, 1.54) is 44.2 Å². The minimum absolute atomic E-state index is 0.0880. The molecule has 2 heterocycles. The molecule has 0 N–H and O–H groups in total. The minimum atomic E-state index is -0.0880. The van der Waals surface area contributed by atoms with Gasteiger partial charge >= 0.3 is 5.97 Å². The highest BCUT2D eigenvalue weighted by atomic mass is 16.5. The fourth-order valence-corrected chi connectivity index (χ4v) is 3.88. The Kier molecular flexibility index (Phi) is 4.29. The summed E-state index contributed by atoms with van der Waals surface area (Å²) < 4.78 is 5.28. The number of hydrogen-bond donors (Lipinski definition) is 0. The van der Waals surface area contributed by atoms with Gasteiger partial charge in [0.2, 0.25) is 0 Å². The van der Waals surface area contributed by atoms with Crippen molar-refractivity contribution in [1.82, 2.24) is 9.80 Å². The molecule has 0 unspecified atom stereocenters. The number of rotatable bonds is 3. The lowest BCUT2D eigenvalue weighted by Crippen LogP contribution is -2.49. The van der Waals surface area contributed by atoms with Crippen LogP contribution in [0, 0.1) is 0 Å². The third-order valence-corrected chi connectivity index (χ3v) is 4.90. The van der Waals surface area contributed by atoms with Crippen LogP contribution in [0.4, 0.5) is 0 Å². The second-order valence-electron chi connectivity index (χ2n) is 6.19. The molecule has 1 aliphatic carbocycles. The highest BCUT2D eigenvalue weighted by molar-refractivity contribution is 5.90. The van der Waals surface area contributed by atoms with Crippen molar-refractivity contribution in [2.75, 3.05) is 26.4 Å². The van der Waals surface area contributed by atoms with Crippen LogP contribution in [-0.2, 0) is 9.53 Å². The lowest BCUT2D eigenvalue weighted by Gasteiger charge is -2.41. The predicted octanol–water partition coefficient (Wildman–Crippen LogP) is 2.51. The molecule has 20 heavy (non-hydrogen) atoms. The van der Waals surface area contributed by atoms with Crippen LogP contribution in [0.25, 0.3) is 0 Å². The van der Waals surface area contributed by atoms with Gasteiger partial charge in [-0.1, -0.05) is 19.3 Å². The van der Waals surface area contributed by atoms with Crippen LogP contribution in [0.5, 0.6) is 0 Å². The molecule has 2 aliphatic heterocycles. The maximum atomic E-state index is 12.2. The van der Waals surface area contributed by atoms with Gasteiger partial charge in [-0.15, -0.1) is 0 Å². The van der Waals surface area contributed by atoms with Gasteiger partial charge in [-0.25, -0.2) is 4.79 Å². The van der Waals surface area contributed by atoms with Crippen molar-refractivity contribution in [2.24, 2.45) is 0 Å². The van der Waals surface area contributed by atoms with E-state index in [4.69, 9.17) is 4.74 Å². The van der Waals surface area contributed by atoms with Crippen molar-refractivity contribution in [1.29, 1.82) is 0 Å². The molecule has 0 atom stereocenters. The van der Waals surface area contributed by atoms with Crippen LogP contribution < -0.4 is 0 Å². The average molecular weight is 278 g/mol. The first-order valence-corrected chi connectivity index (χ1v) is 8.17. The van der Waals surface area contributed by atoms with E-state index >= 15 is 0 Å². The zero-order chi connectivity index (χ0) is 13.9. The molecule has 0 radical (unpaired) electrons. The number of nitrogens with zero attached hydrogens (tertiary/aromatic N) is 2. The maximum Gasteiger partial charge on any atom is 0.337 e. The first-order valence-electron chi connectivity index (χ1n) is 8.17. The molecule has 0 aromatic carbocycles. The van der Waals surface area contributed by atoms with Crippen molar-refractivity contribution >= 4 is 5.97 Å². The molecule has 0 aromatic rings. The van der Waals surface area contributed by atoms with Crippen LogP contribution in [0.2, 0.25) is 0 Å². The third-order valence-electron chi connectivity index (χ3n) is 4.90. The van der Waals surface area contributed by atoms with Crippen LogP contribution in [-0.4, -0.2) is 48.2 Å². The number of ether oxygens (including phenoxy) is 1. The number of hydrogen-bond acceptors (Lipinski definition) is 4. The van der Waals surface area contributed by atoms with Crippen molar-refractivity contribution in [2.45, 2.75) is 57.9 Å². The molecule has 0 bridgehead atoms. The molecule has 2 fully saturated rings. The van der Waals surface area contributed by atoms with Crippen molar-refractivity contribution in [3.63, 3.8) is 0 Å². The molecule has 3 aliphatic rings. The summed E-state index contributed by atoms with van der Waals surface area (Å²) in [7, 11) is 0. The molecule has 4 nitrogen and oxygen atoms in total. The van der Waals surface area contributed by atoms with Gasteiger partial charge in [0.05, 0.1) is 18.8 Å². The zero-order valence-electron chi connectivity index (χ0n) is 12.6. The largest absolute Gasteiger partial charge is 0.463 e. The smallest absolute Gasteiger partial charge is 0.337 e. The molecule has 1 saturated heterocycles. The third kappa shape index (κ3) is 2.71. The molecular weight excluding hydrogens is 252 g/mol. The van der Waals surface area contributed by atoms with Crippen LogP contribution in [0.1, 0.15) is 51.9 Å². The number of esters is 1. The quantitative estimate of drug-likeness (QED) is 0.743.